The van der Waals surface area contributed by atoms with Crippen LogP contribution < -0.4 is 16.9 Å². The fourth-order valence-corrected chi connectivity index (χ4v) is 5.57. The monoisotopic (exact) mass is 522 g/mol. The largest absolute Gasteiger partial charge is 0.490 e. The zero-order valence-electron chi connectivity index (χ0n) is 16.1. The molecule has 1 saturated heterocycles. The molecule has 32 heavy (non-hydrogen) atoms. The van der Waals surface area contributed by atoms with Crippen molar-refractivity contribution in [2.45, 2.75) is 24.9 Å². The van der Waals surface area contributed by atoms with Crippen LogP contribution in [-0.4, -0.2) is 54.5 Å². The van der Waals surface area contributed by atoms with E-state index < -0.39 is 54.2 Å². The summed E-state index contributed by atoms with van der Waals surface area (Å²) in [4.78, 5) is 56.5. The van der Waals surface area contributed by atoms with Crippen molar-refractivity contribution >= 4 is 29.3 Å². The number of hydrogen-bond donors (Lipinski definition) is 6. The van der Waals surface area contributed by atoms with Crippen LogP contribution in [0.25, 0.3) is 0 Å². The molecule has 0 radical (unpaired) electrons. The lowest BCUT2D eigenvalue weighted by atomic mass is 10.2. The average Bonchev–Trinajstić information content (AvgIpc) is 3.05. The Morgan fingerprint density at radius 1 is 1.28 bits per heavy atom. The summed E-state index contributed by atoms with van der Waals surface area (Å²) in [7, 11) is -16.5. The molecular weight excluding hydrogens is 501 g/mol. The first-order chi connectivity index (χ1) is 14.8. The van der Waals surface area contributed by atoms with Gasteiger partial charge in [-0.1, -0.05) is 6.08 Å². The van der Waals surface area contributed by atoms with Crippen LogP contribution in [0.5, 0.6) is 0 Å². The molecule has 182 valence electrons. The van der Waals surface area contributed by atoms with E-state index in [-0.39, 0.29) is 6.42 Å². The van der Waals surface area contributed by atoms with E-state index in [4.69, 9.17) is 30.2 Å². The van der Waals surface area contributed by atoms with Gasteiger partial charge in [-0.15, -0.1) is 6.58 Å². The van der Waals surface area contributed by atoms with E-state index >= 15 is 0 Å². The van der Waals surface area contributed by atoms with E-state index in [0.717, 1.165) is 4.57 Å². The smallest absolute Gasteiger partial charge is 0.366 e. The minimum Gasteiger partial charge on any atom is -0.366 e. The maximum Gasteiger partial charge on any atom is 0.490 e. The number of nitrogens with zero attached hydrogens (tertiary/aromatic N) is 2. The highest BCUT2D eigenvalue weighted by Crippen LogP contribution is 2.66. The van der Waals surface area contributed by atoms with Crippen molar-refractivity contribution in [3.05, 3.63) is 35.4 Å². The predicted molar refractivity (Wildman–Crippen MR) is 105 cm³/mol. The van der Waals surface area contributed by atoms with Gasteiger partial charge >= 0.3 is 29.2 Å². The number of phosphoric acid groups is 3. The Kier molecular flexibility index (Phi) is 9.06. The number of nitrogens with one attached hydrogen (secondary N) is 1. The second-order valence-electron chi connectivity index (χ2n) is 6.10. The van der Waals surface area contributed by atoms with E-state index in [2.05, 4.69) is 30.0 Å². The summed E-state index contributed by atoms with van der Waals surface area (Å²) in [5, 5.41) is 2.83. The van der Waals surface area contributed by atoms with Crippen LogP contribution in [-0.2, 0) is 36.4 Å². The molecule has 1 aromatic heterocycles. The summed E-state index contributed by atoms with van der Waals surface area (Å²) < 4.78 is 52.2. The van der Waals surface area contributed by atoms with Gasteiger partial charge in [0.05, 0.1) is 6.61 Å². The molecule has 2 unspecified atom stereocenters. The highest BCUT2D eigenvalue weighted by Gasteiger charge is 2.43. The lowest BCUT2D eigenvalue weighted by molar-refractivity contribution is -0.0618. The third-order valence-corrected chi connectivity index (χ3v) is 7.54. The van der Waals surface area contributed by atoms with Gasteiger partial charge in [-0.05, 0) is 6.07 Å². The molecule has 1 aromatic rings. The van der Waals surface area contributed by atoms with Crippen molar-refractivity contribution in [3.63, 3.8) is 0 Å². The van der Waals surface area contributed by atoms with Crippen LogP contribution in [0.1, 0.15) is 12.6 Å². The van der Waals surface area contributed by atoms with Crippen LogP contribution in [0.2, 0.25) is 0 Å². The number of aromatic nitrogens is 2. The zero-order chi connectivity index (χ0) is 24.2. The summed E-state index contributed by atoms with van der Waals surface area (Å²) in [5.74, 6) is 5.47. The molecule has 0 saturated carbocycles. The van der Waals surface area contributed by atoms with Crippen molar-refractivity contribution in [1.29, 1.82) is 0 Å². The molecule has 2 heterocycles. The zero-order valence-corrected chi connectivity index (χ0v) is 18.8. The number of rotatable bonds is 12. The van der Waals surface area contributed by atoms with E-state index in [1.54, 1.807) is 6.08 Å². The summed E-state index contributed by atoms with van der Waals surface area (Å²) in [5.41, 5.74) is -0.687. The summed E-state index contributed by atoms with van der Waals surface area (Å²) in [6.45, 7) is 3.11. The van der Waals surface area contributed by atoms with Crippen molar-refractivity contribution in [1.82, 2.24) is 9.55 Å². The topological polar surface area (TPSA) is 251 Å². The minimum atomic E-state index is -5.66. The SMILES string of the molecule is C=CCNc1ccn([C@H]2C[C@@H](ON)[C@@H](COP(=O)(O)OP(=O)(O)OP(=O)(O)O)O2)c(=O)n1. The Morgan fingerprint density at radius 3 is 2.53 bits per heavy atom. The molecule has 5 atom stereocenters. The molecule has 0 aromatic carbocycles. The molecule has 0 aliphatic carbocycles. The number of phosphoric ester groups is 1. The summed E-state index contributed by atoms with van der Waals surface area (Å²) >= 11 is 0. The Morgan fingerprint density at radius 2 is 1.97 bits per heavy atom. The van der Waals surface area contributed by atoms with Gasteiger partial charge in [0.1, 0.15) is 24.3 Å². The van der Waals surface area contributed by atoms with Gasteiger partial charge in [0.15, 0.2) is 0 Å². The number of hydrogen-bond acceptors (Lipinski definition) is 12. The Hall–Kier alpha value is -1.29. The quantitative estimate of drug-likeness (QED) is 0.117. The number of ether oxygens (including phenoxy) is 1. The minimum absolute atomic E-state index is 0.00193. The molecule has 1 aliphatic rings. The Balaban J connectivity index is 2.03. The second kappa shape index (κ2) is 10.8. The lowest BCUT2D eigenvalue weighted by Crippen LogP contribution is -2.31. The van der Waals surface area contributed by atoms with Gasteiger partial charge in [0.25, 0.3) is 0 Å². The third kappa shape index (κ3) is 8.24. The molecule has 0 spiro atoms. The van der Waals surface area contributed by atoms with E-state index in [1.165, 1.54) is 12.3 Å². The fraction of sp³-hybridized carbons (Fsp3) is 0.500. The lowest BCUT2D eigenvalue weighted by Gasteiger charge is -2.20. The number of nitrogens with two attached hydrogens (primary N) is 1. The standard InChI is InChI=1S/C12H21N4O13P3/c1-2-4-14-10-3-5-16(12(17)15-10)11-6-8(27-13)9(26-11)7-25-31(21,22)29-32(23,24)28-30(18,19)20/h2-3,5,8-9,11H,1,4,6-7,13H2,(H,21,22)(H,23,24)(H,14,15,17)(H2,18,19,20)/t8-,9-,11-/m1/s1. The number of anilines is 1. The first-order valence-electron chi connectivity index (χ1n) is 8.48. The maximum atomic E-state index is 12.2. The molecule has 7 N–H and O–H groups in total. The van der Waals surface area contributed by atoms with E-state index in [9.17, 15) is 23.4 Å². The molecule has 1 aliphatic heterocycles. The van der Waals surface area contributed by atoms with Crippen molar-refractivity contribution < 1.29 is 56.0 Å². The predicted octanol–water partition coefficient (Wildman–Crippen LogP) is -0.269. The van der Waals surface area contributed by atoms with Crippen molar-refractivity contribution in [2.75, 3.05) is 18.5 Å². The molecule has 17 nitrogen and oxygen atoms in total. The van der Waals surface area contributed by atoms with Gasteiger partial charge < -0.3 is 29.6 Å². The van der Waals surface area contributed by atoms with Crippen molar-refractivity contribution in [2.24, 2.45) is 5.90 Å². The van der Waals surface area contributed by atoms with Gasteiger partial charge in [-0.2, -0.15) is 13.6 Å². The summed E-state index contributed by atoms with van der Waals surface area (Å²) in [6.07, 6.45) is -0.103. The molecule has 2 rings (SSSR count). The molecule has 0 bridgehead atoms. The molecule has 1 fully saturated rings. The van der Waals surface area contributed by atoms with E-state index in [1.807, 2.05) is 0 Å². The molecule has 0 amide bonds. The highest BCUT2D eigenvalue weighted by molar-refractivity contribution is 7.66. The van der Waals surface area contributed by atoms with Gasteiger partial charge in [0, 0.05) is 19.2 Å². The molecular formula is C12H21N4O13P3. The van der Waals surface area contributed by atoms with Crippen LogP contribution in [0, 0.1) is 0 Å². The normalized spacial score (nSPS) is 25.1. The van der Waals surface area contributed by atoms with Crippen LogP contribution in [0.4, 0.5) is 5.82 Å². The van der Waals surface area contributed by atoms with Gasteiger partial charge in [-0.3, -0.25) is 13.9 Å². The fourth-order valence-electron chi connectivity index (χ4n) is 2.54. The highest BCUT2D eigenvalue weighted by atomic mass is 31.3. The Labute approximate surface area is 180 Å². The average molecular weight is 522 g/mol. The third-order valence-electron chi connectivity index (χ3n) is 3.74. The van der Waals surface area contributed by atoms with Crippen LogP contribution in [0.15, 0.2) is 29.7 Å². The van der Waals surface area contributed by atoms with Gasteiger partial charge in [-0.25, -0.2) is 24.4 Å². The first-order valence-corrected chi connectivity index (χ1v) is 13.0. The Bertz CT molecular complexity index is 1010. The first kappa shape index (κ1) is 27.0. The van der Waals surface area contributed by atoms with Gasteiger partial charge in [0.2, 0.25) is 0 Å². The van der Waals surface area contributed by atoms with E-state index in [0.29, 0.717) is 12.4 Å². The van der Waals surface area contributed by atoms with Crippen LogP contribution in [0.3, 0.4) is 0 Å². The summed E-state index contributed by atoms with van der Waals surface area (Å²) in [6, 6.07) is 1.49. The maximum absolute atomic E-state index is 12.2. The van der Waals surface area contributed by atoms with Crippen molar-refractivity contribution in [3.8, 4) is 0 Å². The molecule has 20 heteroatoms. The van der Waals surface area contributed by atoms with Crippen LogP contribution >= 0.6 is 23.5 Å². The second-order valence-corrected chi connectivity index (χ2v) is 10.5.